The molecule has 0 spiro atoms. The first-order chi connectivity index (χ1) is 8.15. The quantitative estimate of drug-likeness (QED) is 0.724. The number of nitrogens with one attached hydrogen (secondary N) is 1. The lowest BCUT2D eigenvalue weighted by Gasteiger charge is -2.07. The Hall–Kier alpha value is -0.450. The van der Waals surface area contributed by atoms with Crippen LogP contribution in [0.1, 0.15) is 5.56 Å². The highest BCUT2D eigenvalue weighted by atomic mass is 127. The van der Waals surface area contributed by atoms with E-state index >= 15 is 0 Å². The molecule has 0 aliphatic carbocycles. The van der Waals surface area contributed by atoms with E-state index in [1.807, 2.05) is 30.3 Å². The minimum atomic E-state index is 0.588. The van der Waals surface area contributed by atoms with Crippen LogP contribution in [0.4, 0.5) is 5.69 Å². The molecule has 0 saturated heterocycles. The number of anilines is 1. The summed E-state index contributed by atoms with van der Waals surface area (Å²) in [5.74, 6) is 0. The molecule has 17 heavy (non-hydrogen) atoms. The molecule has 2 aromatic carbocycles. The molecule has 2 rings (SSSR count). The zero-order valence-corrected chi connectivity index (χ0v) is 12.6. The van der Waals surface area contributed by atoms with Gasteiger partial charge in [0.2, 0.25) is 0 Å². The third kappa shape index (κ3) is 3.76. The van der Waals surface area contributed by atoms with Gasteiger partial charge in [-0.15, -0.1) is 0 Å². The van der Waals surface area contributed by atoms with E-state index in [9.17, 15) is 0 Å². The second-order valence-electron chi connectivity index (χ2n) is 3.61. The summed E-state index contributed by atoms with van der Waals surface area (Å²) in [5.41, 5.74) is 2.21. The molecule has 0 amide bonds. The first-order valence-electron chi connectivity index (χ1n) is 5.08. The van der Waals surface area contributed by atoms with E-state index in [2.05, 4.69) is 40.0 Å². The lowest BCUT2D eigenvalue weighted by molar-refractivity contribution is 1.15. The highest BCUT2D eigenvalue weighted by Gasteiger charge is 1.99. The molecule has 1 N–H and O–H groups in total. The Kier molecular flexibility index (Phi) is 4.54. The molecular weight excluding hydrogens is 368 g/mol. The van der Waals surface area contributed by atoms with E-state index in [1.165, 1.54) is 3.57 Å². The number of rotatable bonds is 3. The van der Waals surface area contributed by atoms with Gasteiger partial charge in [-0.25, -0.2) is 0 Å². The molecule has 0 atom stereocenters. The molecule has 0 bridgehead atoms. The number of halogens is 3. The molecule has 0 fully saturated rings. The Morgan fingerprint density at radius 1 is 1.00 bits per heavy atom. The summed E-state index contributed by atoms with van der Waals surface area (Å²) < 4.78 is 1.21. The van der Waals surface area contributed by atoms with Gasteiger partial charge in [-0.1, -0.05) is 35.3 Å². The summed E-state index contributed by atoms with van der Waals surface area (Å²) in [6, 6.07) is 13.9. The van der Waals surface area contributed by atoms with Crippen molar-refractivity contribution in [2.24, 2.45) is 0 Å². The Balaban J connectivity index is 2.05. The first kappa shape index (κ1) is 13.0. The van der Waals surface area contributed by atoms with Crippen LogP contribution < -0.4 is 5.32 Å². The molecule has 88 valence electrons. The van der Waals surface area contributed by atoms with Crippen LogP contribution in [-0.2, 0) is 6.54 Å². The summed E-state index contributed by atoms with van der Waals surface area (Å²) in [6.07, 6.45) is 0. The topological polar surface area (TPSA) is 12.0 Å². The fourth-order valence-corrected chi connectivity index (χ4v) is 2.32. The van der Waals surface area contributed by atoms with Crippen LogP contribution in [0.5, 0.6) is 0 Å². The van der Waals surface area contributed by atoms with Crippen molar-refractivity contribution < 1.29 is 0 Å². The molecule has 4 heteroatoms. The van der Waals surface area contributed by atoms with Crippen molar-refractivity contribution in [2.75, 3.05) is 5.32 Å². The maximum Gasteiger partial charge on any atom is 0.0595 e. The summed E-state index contributed by atoms with van der Waals surface area (Å²) in [6.45, 7) is 0.733. The van der Waals surface area contributed by atoms with Crippen LogP contribution in [-0.4, -0.2) is 0 Å². The molecule has 1 nitrogen and oxygen atoms in total. The summed E-state index contributed by atoms with van der Waals surface area (Å²) >= 11 is 14.1. The van der Waals surface area contributed by atoms with Gasteiger partial charge in [0, 0.05) is 15.8 Å². The highest BCUT2D eigenvalue weighted by Crippen LogP contribution is 2.23. The molecule has 0 aliphatic rings. The first-order valence-corrected chi connectivity index (χ1v) is 6.92. The molecule has 2 aromatic rings. The summed E-state index contributed by atoms with van der Waals surface area (Å²) in [4.78, 5) is 0. The van der Waals surface area contributed by atoms with Gasteiger partial charge >= 0.3 is 0 Å². The van der Waals surface area contributed by atoms with Crippen molar-refractivity contribution in [3.05, 3.63) is 61.6 Å². The number of hydrogen-bond acceptors (Lipinski definition) is 1. The maximum atomic E-state index is 5.96. The van der Waals surface area contributed by atoms with Crippen LogP contribution in [0.3, 0.4) is 0 Å². The fraction of sp³-hybridized carbons (Fsp3) is 0.0769. The number of hydrogen-bond donors (Lipinski definition) is 1. The van der Waals surface area contributed by atoms with Gasteiger partial charge in [-0.05, 0) is 58.5 Å². The van der Waals surface area contributed by atoms with E-state index in [-0.39, 0.29) is 0 Å². The van der Waals surface area contributed by atoms with Crippen molar-refractivity contribution in [1.82, 2.24) is 0 Å². The Bertz CT molecular complexity index is 529. The lowest BCUT2D eigenvalue weighted by atomic mass is 10.2. The molecule has 0 saturated carbocycles. The SMILES string of the molecule is Clc1ccc(CNc2cccc(I)c2)cc1Cl. The van der Waals surface area contributed by atoms with Crippen molar-refractivity contribution in [2.45, 2.75) is 6.54 Å². The van der Waals surface area contributed by atoms with Crippen molar-refractivity contribution in [1.29, 1.82) is 0 Å². The molecule has 0 aromatic heterocycles. The average molecular weight is 378 g/mol. The van der Waals surface area contributed by atoms with Crippen LogP contribution in [0.2, 0.25) is 10.0 Å². The third-order valence-electron chi connectivity index (χ3n) is 2.31. The third-order valence-corrected chi connectivity index (χ3v) is 3.72. The Morgan fingerprint density at radius 2 is 1.82 bits per heavy atom. The van der Waals surface area contributed by atoms with E-state index < -0.39 is 0 Å². The van der Waals surface area contributed by atoms with Gasteiger partial charge in [-0.2, -0.15) is 0 Å². The molecular formula is C13H10Cl2IN. The predicted molar refractivity (Wildman–Crippen MR) is 82.9 cm³/mol. The Morgan fingerprint density at radius 3 is 2.53 bits per heavy atom. The lowest BCUT2D eigenvalue weighted by Crippen LogP contribution is -1.99. The molecule has 0 aliphatic heterocycles. The van der Waals surface area contributed by atoms with Gasteiger partial charge in [0.1, 0.15) is 0 Å². The monoisotopic (exact) mass is 377 g/mol. The predicted octanol–water partition coefficient (Wildman–Crippen LogP) is 5.21. The largest absolute Gasteiger partial charge is 0.381 e. The average Bonchev–Trinajstić information content (AvgIpc) is 2.31. The van der Waals surface area contributed by atoms with E-state index in [4.69, 9.17) is 23.2 Å². The van der Waals surface area contributed by atoms with Gasteiger partial charge in [0.05, 0.1) is 10.0 Å². The van der Waals surface area contributed by atoms with Gasteiger partial charge < -0.3 is 5.32 Å². The molecule has 0 radical (unpaired) electrons. The van der Waals surface area contributed by atoms with Crippen molar-refractivity contribution in [3.8, 4) is 0 Å². The second-order valence-corrected chi connectivity index (χ2v) is 5.67. The van der Waals surface area contributed by atoms with Gasteiger partial charge in [0.15, 0.2) is 0 Å². The van der Waals surface area contributed by atoms with Crippen LogP contribution in [0, 0.1) is 3.57 Å². The minimum absolute atomic E-state index is 0.588. The van der Waals surface area contributed by atoms with Crippen molar-refractivity contribution >= 4 is 51.5 Å². The standard InChI is InChI=1S/C13H10Cl2IN/c14-12-5-4-9(6-13(12)15)8-17-11-3-1-2-10(16)7-11/h1-7,17H,8H2. The van der Waals surface area contributed by atoms with Crippen LogP contribution >= 0.6 is 45.8 Å². The summed E-state index contributed by atoms with van der Waals surface area (Å²) in [5, 5.41) is 4.52. The van der Waals surface area contributed by atoms with Crippen LogP contribution in [0.15, 0.2) is 42.5 Å². The Labute approximate surface area is 124 Å². The molecule has 0 unspecified atom stereocenters. The zero-order valence-electron chi connectivity index (χ0n) is 8.88. The van der Waals surface area contributed by atoms with Gasteiger partial charge in [0.25, 0.3) is 0 Å². The second kappa shape index (κ2) is 5.94. The zero-order chi connectivity index (χ0) is 12.3. The minimum Gasteiger partial charge on any atom is -0.381 e. The fourth-order valence-electron chi connectivity index (χ4n) is 1.45. The van der Waals surface area contributed by atoms with E-state index in [1.54, 1.807) is 0 Å². The molecule has 0 heterocycles. The number of benzene rings is 2. The normalized spacial score (nSPS) is 10.3. The van der Waals surface area contributed by atoms with E-state index in [0.717, 1.165) is 17.8 Å². The van der Waals surface area contributed by atoms with E-state index in [0.29, 0.717) is 10.0 Å². The van der Waals surface area contributed by atoms with Gasteiger partial charge in [-0.3, -0.25) is 0 Å². The smallest absolute Gasteiger partial charge is 0.0595 e. The highest BCUT2D eigenvalue weighted by molar-refractivity contribution is 14.1. The maximum absolute atomic E-state index is 5.96. The van der Waals surface area contributed by atoms with Crippen molar-refractivity contribution in [3.63, 3.8) is 0 Å². The van der Waals surface area contributed by atoms with Crippen LogP contribution in [0.25, 0.3) is 0 Å². The summed E-state index contributed by atoms with van der Waals surface area (Å²) in [7, 11) is 0.